The molecule has 3 unspecified atom stereocenters. The van der Waals surface area contributed by atoms with Crippen LogP contribution >= 0.6 is 0 Å². The van der Waals surface area contributed by atoms with E-state index >= 15 is 0 Å². The van der Waals surface area contributed by atoms with Crippen molar-refractivity contribution in [1.82, 2.24) is 4.90 Å². The van der Waals surface area contributed by atoms with Crippen molar-refractivity contribution in [2.24, 2.45) is 11.8 Å². The number of hydrogen-bond acceptors (Lipinski definition) is 1. The van der Waals surface area contributed by atoms with Gasteiger partial charge in [-0.25, -0.2) is 0 Å². The van der Waals surface area contributed by atoms with Crippen LogP contribution in [0.25, 0.3) is 0 Å². The second kappa shape index (κ2) is 13.2. The van der Waals surface area contributed by atoms with Crippen LogP contribution in [0.1, 0.15) is 104 Å². The minimum absolute atomic E-state index is 0.710. The predicted molar refractivity (Wildman–Crippen MR) is 134 cm³/mol. The maximum absolute atomic E-state index is 2.73. The highest BCUT2D eigenvalue weighted by Gasteiger charge is 2.25. The van der Waals surface area contributed by atoms with Gasteiger partial charge in [0.15, 0.2) is 0 Å². The lowest BCUT2D eigenvalue weighted by Crippen LogP contribution is -2.35. The van der Waals surface area contributed by atoms with Gasteiger partial charge in [-0.3, -0.25) is 4.90 Å². The molecule has 1 heterocycles. The van der Waals surface area contributed by atoms with Crippen molar-refractivity contribution in [3.63, 3.8) is 0 Å². The lowest BCUT2D eigenvalue weighted by Gasteiger charge is -2.35. The Hall–Kier alpha value is -1.34. The van der Waals surface area contributed by atoms with Crippen LogP contribution in [0.3, 0.4) is 0 Å². The molecule has 30 heavy (non-hydrogen) atoms. The first-order valence-corrected chi connectivity index (χ1v) is 12.4. The monoisotopic (exact) mass is 409 g/mol. The van der Waals surface area contributed by atoms with Crippen LogP contribution < -0.4 is 0 Å². The summed E-state index contributed by atoms with van der Waals surface area (Å²) in [4.78, 5) is 2.73. The quantitative estimate of drug-likeness (QED) is 0.313. The van der Waals surface area contributed by atoms with Crippen LogP contribution in [0, 0.1) is 11.8 Å². The van der Waals surface area contributed by atoms with E-state index < -0.39 is 0 Å². The molecule has 2 rings (SSSR count). The van der Waals surface area contributed by atoms with E-state index in [0.29, 0.717) is 5.92 Å². The van der Waals surface area contributed by atoms with E-state index in [9.17, 15) is 0 Å². The third-order valence-corrected chi connectivity index (χ3v) is 6.74. The molecule has 1 aromatic carbocycles. The Kier molecular flexibility index (Phi) is 10.9. The van der Waals surface area contributed by atoms with Crippen molar-refractivity contribution in [2.75, 3.05) is 13.1 Å². The van der Waals surface area contributed by atoms with Crippen LogP contribution in [0.5, 0.6) is 0 Å². The van der Waals surface area contributed by atoms with E-state index in [4.69, 9.17) is 0 Å². The molecule has 0 saturated carbocycles. The van der Waals surface area contributed by atoms with Gasteiger partial charge in [-0.1, -0.05) is 67.8 Å². The Balaban J connectivity index is 1.86. The molecule has 0 saturated heterocycles. The van der Waals surface area contributed by atoms with E-state index in [-0.39, 0.29) is 0 Å². The fourth-order valence-corrected chi connectivity index (χ4v) is 4.70. The van der Waals surface area contributed by atoms with Gasteiger partial charge < -0.3 is 0 Å². The summed E-state index contributed by atoms with van der Waals surface area (Å²) < 4.78 is 0. The van der Waals surface area contributed by atoms with Crippen LogP contribution in [-0.2, 0) is 6.54 Å². The molecular weight excluding hydrogens is 362 g/mol. The largest absolute Gasteiger partial charge is 0.298 e. The number of allylic oxidation sites excluding steroid dienone is 4. The fraction of sp³-hybridized carbons (Fsp3) is 0.655. The Labute approximate surface area is 187 Å². The van der Waals surface area contributed by atoms with E-state index in [0.717, 1.165) is 18.4 Å². The molecule has 1 aromatic rings. The summed E-state index contributed by atoms with van der Waals surface area (Å²) >= 11 is 0. The topological polar surface area (TPSA) is 3.24 Å². The lowest BCUT2D eigenvalue weighted by atomic mass is 9.84. The summed E-state index contributed by atoms with van der Waals surface area (Å²) in [5.41, 5.74) is 6.10. The number of benzene rings is 1. The molecule has 3 atom stereocenters. The summed E-state index contributed by atoms with van der Waals surface area (Å²) in [5.74, 6) is 2.34. The van der Waals surface area contributed by atoms with E-state index in [1.807, 2.05) is 0 Å². The molecular formula is C29H47N. The highest BCUT2D eigenvalue weighted by atomic mass is 15.1. The molecule has 0 spiro atoms. The molecule has 1 aliphatic rings. The third kappa shape index (κ3) is 9.21. The predicted octanol–water partition coefficient (Wildman–Crippen LogP) is 8.52. The molecule has 0 radical (unpaired) electrons. The van der Waals surface area contributed by atoms with Crippen molar-refractivity contribution in [3.8, 4) is 0 Å². The van der Waals surface area contributed by atoms with Crippen molar-refractivity contribution in [2.45, 2.75) is 99.0 Å². The van der Waals surface area contributed by atoms with Gasteiger partial charge in [-0.15, -0.1) is 0 Å². The molecule has 1 heteroatoms. The summed E-state index contributed by atoms with van der Waals surface area (Å²) in [5, 5.41) is 0. The van der Waals surface area contributed by atoms with Crippen LogP contribution in [0.15, 0.2) is 47.6 Å². The van der Waals surface area contributed by atoms with Gasteiger partial charge in [0.05, 0.1) is 0 Å². The van der Waals surface area contributed by atoms with Gasteiger partial charge in [0.25, 0.3) is 0 Å². The van der Waals surface area contributed by atoms with Crippen molar-refractivity contribution < 1.29 is 0 Å². The zero-order valence-corrected chi connectivity index (χ0v) is 20.7. The van der Waals surface area contributed by atoms with E-state index in [1.54, 1.807) is 11.1 Å². The average Bonchev–Trinajstić information content (AvgIpc) is 2.70. The summed E-state index contributed by atoms with van der Waals surface area (Å²) in [6.07, 6.45) is 13.9. The van der Waals surface area contributed by atoms with Gasteiger partial charge in [0.2, 0.25) is 0 Å². The first kappa shape index (κ1) is 24.9. The van der Waals surface area contributed by atoms with Crippen molar-refractivity contribution in [1.29, 1.82) is 0 Å². The Morgan fingerprint density at radius 2 is 1.50 bits per heavy atom. The molecule has 0 bridgehead atoms. The highest BCUT2D eigenvalue weighted by molar-refractivity contribution is 5.32. The summed E-state index contributed by atoms with van der Waals surface area (Å²) in [6, 6.07) is 9.23. The van der Waals surface area contributed by atoms with Crippen LogP contribution in [-0.4, -0.2) is 18.0 Å². The molecule has 1 nitrogen and oxygen atoms in total. The number of rotatable bonds is 12. The SMILES string of the molecule is CC(C)=CCCC(C)CCC1CN(CCC(C)CCC=C(C)C)Cc2ccccc21. The maximum atomic E-state index is 2.73. The van der Waals surface area contributed by atoms with Crippen LogP contribution in [0.4, 0.5) is 0 Å². The average molecular weight is 410 g/mol. The molecule has 0 aliphatic carbocycles. The van der Waals surface area contributed by atoms with E-state index in [2.05, 4.69) is 82.9 Å². The minimum Gasteiger partial charge on any atom is -0.298 e. The van der Waals surface area contributed by atoms with Crippen molar-refractivity contribution >= 4 is 0 Å². The standard InChI is InChI=1S/C29H47N/c1-23(2)11-9-13-25(5)17-18-28-22-30(21-27-15-7-8-16-29(27)28)20-19-26(6)14-10-12-24(3)4/h7-8,11-12,15-16,25-26,28H,9-10,13-14,17-22H2,1-6H3. The normalized spacial score (nSPS) is 18.4. The minimum atomic E-state index is 0.710. The Morgan fingerprint density at radius 1 is 0.900 bits per heavy atom. The third-order valence-electron chi connectivity index (χ3n) is 6.74. The molecule has 168 valence electrons. The molecule has 0 N–H and O–H groups in total. The fourth-order valence-electron chi connectivity index (χ4n) is 4.70. The van der Waals surface area contributed by atoms with Gasteiger partial charge in [0, 0.05) is 13.1 Å². The lowest BCUT2D eigenvalue weighted by molar-refractivity contribution is 0.206. The molecule has 0 aromatic heterocycles. The molecule has 0 amide bonds. The smallest absolute Gasteiger partial charge is 0.0236 e. The Bertz CT molecular complexity index is 675. The first-order valence-electron chi connectivity index (χ1n) is 12.4. The summed E-state index contributed by atoms with van der Waals surface area (Å²) in [7, 11) is 0. The van der Waals surface area contributed by atoms with Gasteiger partial charge in [-0.2, -0.15) is 0 Å². The maximum Gasteiger partial charge on any atom is 0.0236 e. The zero-order chi connectivity index (χ0) is 21.9. The Morgan fingerprint density at radius 3 is 2.13 bits per heavy atom. The van der Waals surface area contributed by atoms with Gasteiger partial charge in [-0.05, 0) is 102 Å². The highest BCUT2D eigenvalue weighted by Crippen LogP contribution is 2.33. The summed E-state index contributed by atoms with van der Waals surface area (Å²) in [6.45, 7) is 17.3. The molecule has 0 fully saturated rings. The zero-order valence-electron chi connectivity index (χ0n) is 20.7. The van der Waals surface area contributed by atoms with Crippen molar-refractivity contribution in [3.05, 3.63) is 58.7 Å². The number of nitrogens with zero attached hydrogens (tertiary/aromatic N) is 1. The number of hydrogen-bond donors (Lipinski definition) is 0. The second-order valence-corrected chi connectivity index (χ2v) is 10.4. The first-order chi connectivity index (χ1) is 14.3. The molecule has 1 aliphatic heterocycles. The number of fused-ring (bicyclic) bond motifs is 1. The van der Waals surface area contributed by atoms with E-state index in [1.165, 1.54) is 69.2 Å². The van der Waals surface area contributed by atoms with Gasteiger partial charge in [0.1, 0.15) is 0 Å². The van der Waals surface area contributed by atoms with Crippen LogP contribution in [0.2, 0.25) is 0 Å². The van der Waals surface area contributed by atoms with Gasteiger partial charge >= 0.3 is 0 Å². The second-order valence-electron chi connectivity index (χ2n) is 10.4.